The molecule has 2 saturated heterocycles. The van der Waals surface area contributed by atoms with Crippen molar-refractivity contribution in [3.05, 3.63) is 29.8 Å². The van der Waals surface area contributed by atoms with Gasteiger partial charge in [0.15, 0.2) is 0 Å². The topological polar surface area (TPSA) is 30.9 Å². The van der Waals surface area contributed by atoms with Crippen LogP contribution in [0.3, 0.4) is 0 Å². The predicted molar refractivity (Wildman–Crippen MR) is 78.8 cm³/mol. The van der Waals surface area contributed by atoms with E-state index in [-0.39, 0.29) is 17.9 Å². The minimum Gasteiger partial charge on any atom is -0.493 e. The van der Waals surface area contributed by atoms with Crippen LogP contribution in [-0.4, -0.2) is 30.1 Å². The molecule has 0 aromatic heterocycles. The van der Waals surface area contributed by atoms with Crippen molar-refractivity contribution in [1.29, 1.82) is 0 Å². The van der Waals surface area contributed by atoms with E-state index in [1.807, 2.05) is 6.07 Å². The van der Waals surface area contributed by atoms with Gasteiger partial charge in [-0.2, -0.15) is 5.06 Å². The van der Waals surface area contributed by atoms with Crippen LogP contribution in [0.25, 0.3) is 0 Å². The van der Waals surface area contributed by atoms with E-state index >= 15 is 0 Å². The normalized spacial score (nSPS) is 34.9. The second-order valence-electron chi connectivity index (χ2n) is 6.78. The third kappa shape index (κ3) is 2.17. The molecule has 21 heavy (non-hydrogen) atoms. The van der Waals surface area contributed by atoms with Crippen molar-refractivity contribution in [3.8, 4) is 5.75 Å². The zero-order valence-corrected chi connectivity index (χ0v) is 12.7. The molecule has 2 fully saturated rings. The van der Waals surface area contributed by atoms with Crippen LogP contribution < -0.4 is 4.74 Å². The largest absolute Gasteiger partial charge is 0.493 e. The van der Waals surface area contributed by atoms with Gasteiger partial charge >= 0.3 is 0 Å². The smallest absolute Gasteiger partial charge is 0.133 e. The number of para-hydroxylation sites is 1. The Balaban J connectivity index is 1.72. The van der Waals surface area contributed by atoms with E-state index in [0.717, 1.165) is 25.2 Å². The van der Waals surface area contributed by atoms with Crippen molar-refractivity contribution in [2.24, 2.45) is 5.92 Å². The third-order valence-corrected chi connectivity index (χ3v) is 4.98. The van der Waals surface area contributed by atoms with Crippen LogP contribution in [0.5, 0.6) is 5.75 Å². The molecule has 4 rings (SSSR count). The van der Waals surface area contributed by atoms with Gasteiger partial charge in [0, 0.05) is 18.1 Å². The quantitative estimate of drug-likeness (QED) is 0.794. The van der Waals surface area contributed by atoms with E-state index < -0.39 is 0 Å². The summed E-state index contributed by atoms with van der Waals surface area (Å²) in [7, 11) is 0. The zero-order chi connectivity index (χ0) is 14.4. The summed E-state index contributed by atoms with van der Waals surface area (Å²) in [6.07, 6.45) is 3.48. The van der Waals surface area contributed by atoms with E-state index in [9.17, 15) is 0 Å². The highest BCUT2D eigenvalue weighted by Gasteiger charge is 2.54. The van der Waals surface area contributed by atoms with Crippen molar-refractivity contribution >= 4 is 0 Å². The molecule has 1 aromatic rings. The minimum atomic E-state index is -0.223. The van der Waals surface area contributed by atoms with Crippen molar-refractivity contribution < 1.29 is 14.3 Å². The van der Waals surface area contributed by atoms with Gasteiger partial charge < -0.3 is 9.47 Å². The highest BCUT2D eigenvalue weighted by atomic mass is 16.7. The first-order chi connectivity index (χ1) is 10.2. The molecule has 0 N–H and O–H groups in total. The predicted octanol–water partition coefficient (Wildman–Crippen LogP) is 3.29. The average molecular weight is 289 g/mol. The number of rotatable bonds is 1. The number of hydroxylamine groups is 2. The molecule has 0 aliphatic carbocycles. The van der Waals surface area contributed by atoms with Crippen LogP contribution >= 0.6 is 0 Å². The molecule has 0 bridgehead atoms. The molecule has 0 radical (unpaired) electrons. The van der Waals surface area contributed by atoms with Gasteiger partial charge in [0.25, 0.3) is 0 Å². The van der Waals surface area contributed by atoms with Gasteiger partial charge in [-0.25, -0.2) is 0 Å². The minimum absolute atomic E-state index is 0.0687. The van der Waals surface area contributed by atoms with Gasteiger partial charge in [-0.15, -0.1) is 0 Å². The highest BCUT2D eigenvalue weighted by Crippen LogP contribution is 2.51. The van der Waals surface area contributed by atoms with Gasteiger partial charge in [-0.1, -0.05) is 18.2 Å². The number of fused-ring (bicyclic) bond motifs is 3. The van der Waals surface area contributed by atoms with Gasteiger partial charge in [-0.05, 0) is 39.2 Å². The lowest BCUT2D eigenvalue weighted by Gasteiger charge is -2.37. The van der Waals surface area contributed by atoms with Crippen LogP contribution in [0.2, 0.25) is 0 Å². The first kappa shape index (κ1) is 13.6. The maximum absolute atomic E-state index is 6.32. The summed E-state index contributed by atoms with van der Waals surface area (Å²) >= 11 is 0. The van der Waals surface area contributed by atoms with Crippen LogP contribution in [0, 0.1) is 5.92 Å². The molecule has 114 valence electrons. The van der Waals surface area contributed by atoms with E-state index in [1.165, 1.54) is 12.0 Å². The number of ether oxygens (including phenoxy) is 2. The maximum atomic E-state index is 6.32. The van der Waals surface area contributed by atoms with E-state index in [2.05, 4.69) is 37.1 Å². The van der Waals surface area contributed by atoms with E-state index in [0.29, 0.717) is 12.5 Å². The number of nitrogens with zero attached hydrogens (tertiary/aromatic N) is 1. The Bertz CT molecular complexity index is 525. The summed E-state index contributed by atoms with van der Waals surface area (Å²) in [5.74, 6) is 1.32. The molecule has 3 aliphatic rings. The molecule has 3 unspecified atom stereocenters. The number of hydrogen-bond acceptors (Lipinski definition) is 4. The Morgan fingerprint density at radius 3 is 2.86 bits per heavy atom. The first-order valence-corrected chi connectivity index (χ1v) is 7.97. The summed E-state index contributed by atoms with van der Waals surface area (Å²) in [4.78, 5) is 6.32. The Morgan fingerprint density at radius 1 is 1.19 bits per heavy atom. The van der Waals surface area contributed by atoms with Gasteiger partial charge in [0.05, 0.1) is 18.2 Å². The SMILES string of the molecule is CC1(C)ON(C2CCCCO2)C2c3ccccc3OCC21. The Labute approximate surface area is 125 Å². The van der Waals surface area contributed by atoms with Crippen molar-refractivity contribution in [2.75, 3.05) is 13.2 Å². The zero-order valence-electron chi connectivity index (χ0n) is 12.7. The molecule has 3 aliphatic heterocycles. The standard InChI is InChI=1S/C17H23NO3/c1-17(2)13-11-20-14-8-4-3-7-12(14)16(13)18(21-17)15-9-5-6-10-19-15/h3-4,7-8,13,15-16H,5-6,9-11H2,1-2H3. The third-order valence-electron chi connectivity index (χ3n) is 4.98. The molecule has 3 heterocycles. The van der Waals surface area contributed by atoms with Gasteiger partial charge in [0.2, 0.25) is 0 Å². The molecular formula is C17H23NO3. The van der Waals surface area contributed by atoms with Crippen molar-refractivity contribution in [3.63, 3.8) is 0 Å². The van der Waals surface area contributed by atoms with Crippen LogP contribution in [0.15, 0.2) is 24.3 Å². The summed E-state index contributed by atoms with van der Waals surface area (Å²) in [5, 5.41) is 2.12. The summed E-state index contributed by atoms with van der Waals surface area (Å²) in [6.45, 7) is 5.86. The fraction of sp³-hybridized carbons (Fsp3) is 0.647. The molecule has 0 saturated carbocycles. The lowest BCUT2D eigenvalue weighted by Crippen LogP contribution is -2.40. The fourth-order valence-corrected chi connectivity index (χ4v) is 3.80. The first-order valence-electron chi connectivity index (χ1n) is 7.97. The number of hydrogen-bond donors (Lipinski definition) is 0. The molecule has 0 amide bonds. The lowest BCUT2D eigenvalue weighted by molar-refractivity contribution is -0.281. The lowest BCUT2D eigenvalue weighted by atomic mass is 9.81. The van der Waals surface area contributed by atoms with Crippen LogP contribution in [0.4, 0.5) is 0 Å². The van der Waals surface area contributed by atoms with Gasteiger partial charge in [-0.3, -0.25) is 4.84 Å². The Morgan fingerprint density at radius 2 is 2.05 bits per heavy atom. The summed E-state index contributed by atoms with van der Waals surface area (Å²) in [5.41, 5.74) is 1.01. The Hall–Kier alpha value is -1.10. The van der Waals surface area contributed by atoms with Gasteiger partial charge in [0.1, 0.15) is 12.0 Å². The second kappa shape index (κ2) is 4.97. The Kier molecular flexibility index (Phi) is 3.21. The van der Waals surface area contributed by atoms with Crippen LogP contribution in [0.1, 0.15) is 44.7 Å². The molecule has 3 atom stereocenters. The maximum Gasteiger partial charge on any atom is 0.133 e. The highest BCUT2D eigenvalue weighted by molar-refractivity contribution is 5.39. The summed E-state index contributed by atoms with van der Waals surface area (Å²) in [6, 6.07) is 8.55. The number of benzene rings is 1. The second-order valence-corrected chi connectivity index (χ2v) is 6.78. The average Bonchev–Trinajstić information content (AvgIpc) is 2.80. The van der Waals surface area contributed by atoms with E-state index in [4.69, 9.17) is 14.3 Å². The van der Waals surface area contributed by atoms with E-state index in [1.54, 1.807) is 0 Å². The van der Waals surface area contributed by atoms with Crippen LogP contribution in [-0.2, 0) is 9.57 Å². The van der Waals surface area contributed by atoms with Crippen molar-refractivity contribution in [2.45, 2.75) is 51.0 Å². The molecular weight excluding hydrogens is 266 g/mol. The monoisotopic (exact) mass is 289 g/mol. The fourth-order valence-electron chi connectivity index (χ4n) is 3.80. The summed E-state index contributed by atoms with van der Waals surface area (Å²) < 4.78 is 11.9. The molecule has 0 spiro atoms. The molecule has 4 heteroatoms. The molecule has 4 nitrogen and oxygen atoms in total. The van der Waals surface area contributed by atoms with Crippen molar-refractivity contribution in [1.82, 2.24) is 5.06 Å². The molecule has 1 aromatic carbocycles.